The Morgan fingerprint density at radius 1 is 0.821 bits per heavy atom. The molecular weight excluding hydrogens is 488 g/mol. The van der Waals surface area contributed by atoms with Crippen LogP contribution in [0.15, 0.2) is 48.5 Å². The Bertz CT molecular complexity index is 1380. The van der Waals surface area contributed by atoms with Crippen LogP contribution in [-0.4, -0.2) is 34.2 Å². The molecule has 0 radical (unpaired) electrons. The molecule has 5 heteroatoms. The summed E-state index contributed by atoms with van der Waals surface area (Å²) in [5, 5.41) is 20.4. The summed E-state index contributed by atoms with van der Waals surface area (Å²) in [6.07, 6.45) is 1.51. The maximum absolute atomic E-state index is 13.8. The Labute approximate surface area is 231 Å². The first kappa shape index (κ1) is 30.1. The quantitative estimate of drug-likeness (QED) is 0.235. The summed E-state index contributed by atoms with van der Waals surface area (Å²) in [7, 11) is 0. The number of ketones is 3. The molecule has 1 aliphatic rings. The van der Waals surface area contributed by atoms with Crippen molar-refractivity contribution < 1.29 is 24.6 Å². The van der Waals surface area contributed by atoms with E-state index in [1.165, 1.54) is 6.92 Å². The molecule has 206 valence electrons. The average molecular weight is 529 g/mol. The summed E-state index contributed by atoms with van der Waals surface area (Å²) in [4.78, 5) is 40.1. The van der Waals surface area contributed by atoms with Crippen molar-refractivity contribution in [2.24, 2.45) is 5.92 Å². The van der Waals surface area contributed by atoms with Crippen molar-refractivity contribution in [3.05, 3.63) is 104 Å². The van der Waals surface area contributed by atoms with E-state index in [-0.39, 0.29) is 36.3 Å². The first-order valence-corrected chi connectivity index (χ1v) is 13.9. The lowest BCUT2D eigenvalue weighted by Gasteiger charge is -2.25. The Balaban J connectivity index is 0.00000205. The molecule has 4 rings (SSSR count). The van der Waals surface area contributed by atoms with E-state index >= 15 is 0 Å². The van der Waals surface area contributed by atoms with Gasteiger partial charge in [-0.05, 0) is 86.3 Å². The highest BCUT2D eigenvalue weighted by Gasteiger charge is 2.34. The number of aliphatic hydroxyl groups excluding tert-OH is 2. The second-order valence-corrected chi connectivity index (χ2v) is 10.3. The highest BCUT2D eigenvalue weighted by Crippen LogP contribution is 2.36. The molecule has 5 nitrogen and oxygen atoms in total. The number of hydrogen-bond donors (Lipinski definition) is 2. The van der Waals surface area contributed by atoms with E-state index in [2.05, 4.69) is 6.92 Å². The zero-order valence-corrected chi connectivity index (χ0v) is 23.9. The molecule has 0 heterocycles. The molecule has 0 saturated heterocycles. The Kier molecular flexibility index (Phi) is 10.1. The topological polar surface area (TPSA) is 91.7 Å². The van der Waals surface area contributed by atoms with Crippen LogP contribution >= 0.6 is 0 Å². The molecule has 0 bridgehead atoms. The Morgan fingerprint density at radius 2 is 1.46 bits per heavy atom. The second-order valence-electron chi connectivity index (χ2n) is 10.3. The van der Waals surface area contributed by atoms with E-state index < -0.39 is 6.10 Å². The van der Waals surface area contributed by atoms with E-state index in [1.807, 2.05) is 39.0 Å². The minimum absolute atomic E-state index is 0.120. The van der Waals surface area contributed by atoms with Crippen molar-refractivity contribution in [1.82, 2.24) is 0 Å². The molecular formula is C34H40O5. The zero-order chi connectivity index (χ0) is 28.9. The lowest BCUT2D eigenvalue weighted by atomic mass is 9.76. The fourth-order valence-corrected chi connectivity index (χ4v) is 5.57. The standard InChI is InChI=1S/C32H34O5.C2H6/c1-18(14-15-33)12-13-28(35)22-11-7-8-19(2)25(22)17-26-29(21(4)34)20(3)16-27-30(26)32(37)24-10-6-5-9-23(24)31(27)36;1-2/h5-11,16,18,28,33,35H,12-15,17H2,1-4H3;1-2H3. The molecule has 3 aromatic carbocycles. The number of benzene rings is 3. The van der Waals surface area contributed by atoms with Crippen LogP contribution in [0.25, 0.3) is 0 Å². The SMILES string of the molecule is CC.CC(=O)c1c(C)cc2c(c1Cc1c(C)cccc1C(O)CCC(C)CCO)C(=O)c1ccccc1C2=O. The van der Waals surface area contributed by atoms with Crippen molar-refractivity contribution in [3.63, 3.8) is 0 Å². The maximum Gasteiger partial charge on any atom is 0.194 e. The molecule has 0 fully saturated rings. The van der Waals surface area contributed by atoms with Crippen molar-refractivity contribution in [3.8, 4) is 0 Å². The van der Waals surface area contributed by atoms with Gasteiger partial charge >= 0.3 is 0 Å². The largest absolute Gasteiger partial charge is 0.396 e. The monoisotopic (exact) mass is 528 g/mol. The summed E-state index contributed by atoms with van der Waals surface area (Å²) in [5.74, 6) is -0.351. The third-order valence-corrected chi connectivity index (χ3v) is 7.58. The first-order chi connectivity index (χ1) is 18.6. The van der Waals surface area contributed by atoms with Crippen molar-refractivity contribution in [1.29, 1.82) is 0 Å². The smallest absolute Gasteiger partial charge is 0.194 e. The predicted octanol–water partition coefficient (Wildman–Crippen LogP) is 6.73. The van der Waals surface area contributed by atoms with Gasteiger partial charge in [-0.15, -0.1) is 0 Å². The third-order valence-electron chi connectivity index (χ3n) is 7.58. The van der Waals surface area contributed by atoms with E-state index in [0.29, 0.717) is 51.8 Å². The van der Waals surface area contributed by atoms with Crippen molar-refractivity contribution >= 4 is 17.3 Å². The number of fused-ring (bicyclic) bond motifs is 2. The molecule has 3 aromatic rings. The van der Waals surface area contributed by atoms with Crippen molar-refractivity contribution in [2.45, 2.75) is 73.3 Å². The van der Waals surface area contributed by atoms with Crippen LogP contribution in [0.1, 0.15) is 123 Å². The molecule has 2 N–H and O–H groups in total. The zero-order valence-electron chi connectivity index (χ0n) is 23.9. The van der Waals surface area contributed by atoms with Gasteiger partial charge in [0.2, 0.25) is 0 Å². The minimum atomic E-state index is -0.726. The Hall–Kier alpha value is -3.41. The lowest BCUT2D eigenvalue weighted by Crippen LogP contribution is -2.25. The molecule has 0 saturated carbocycles. The number of hydrogen-bond acceptors (Lipinski definition) is 5. The molecule has 0 aromatic heterocycles. The third kappa shape index (κ3) is 6.10. The summed E-state index contributed by atoms with van der Waals surface area (Å²) in [6, 6.07) is 14.2. The number of rotatable bonds is 9. The van der Waals surface area contributed by atoms with Crippen LogP contribution in [0, 0.1) is 19.8 Å². The number of aliphatic hydroxyl groups is 2. The normalized spacial score (nSPS) is 13.6. The van der Waals surface area contributed by atoms with Crippen LogP contribution in [0.3, 0.4) is 0 Å². The van der Waals surface area contributed by atoms with Gasteiger partial charge in [-0.2, -0.15) is 0 Å². The van der Waals surface area contributed by atoms with Gasteiger partial charge in [0.25, 0.3) is 0 Å². The molecule has 1 aliphatic carbocycles. The van der Waals surface area contributed by atoms with Gasteiger partial charge in [0.1, 0.15) is 0 Å². The average Bonchev–Trinajstić information content (AvgIpc) is 2.92. The molecule has 0 spiro atoms. The van der Waals surface area contributed by atoms with Crippen molar-refractivity contribution in [2.75, 3.05) is 6.61 Å². The number of carbonyl (C=O) groups excluding carboxylic acids is 3. The molecule has 2 unspecified atom stereocenters. The Morgan fingerprint density at radius 3 is 2.08 bits per heavy atom. The highest BCUT2D eigenvalue weighted by molar-refractivity contribution is 6.29. The molecule has 2 atom stereocenters. The predicted molar refractivity (Wildman–Crippen MR) is 155 cm³/mol. The molecule has 0 aliphatic heterocycles. The fourth-order valence-electron chi connectivity index (χ4n) is 5.57. The highest BCUT2D eigenvalue weighted by atomic mass is 16.3. The van der Waals surface area contributed by atoms with Gasteiger partial charge in [0.05, 0.1) is 6.10 Å². The maximum atomic E-state index is 13.8. The van der Waals surface area contributed by atoms with E-state index in [9.17, 15) is 24.6 Å². The summed E-state index contributed by atoms with van der Waals surface area (Å²) < 4.78 is 0. The van der Waals surface area contributed by atoms with Gasteiger partial charge < -0.3 is 10.2 Å². The lowest BCUT2D eigenvalue weighted by molar-refractivity contribution is 0.0976. The number of aryl methyl sites for hydroxylation is 2. The van der Waals surface area contributed by atoms with Crippen LogP contribution in [0.2, 0.25) is 0 Å². The van der Waals surface area contributed by atoms with E-state index in [4.69, 9.17) is 0 Å². The summed E-state index contributed by atoms with van der Waals surface area (Å²) in [6.45, 7) is 11.4. The van der Waals surface area contributed by atoms with Crippen LogP contribution < -0.4 is 0 Å². The van der Waals surface area contributed by atoms with Gasteiger partial charge in [-0.25, -0.2) is 0 Å². The fraction of sp³-hybridized carbons (Fsp3) is 0.382. The van der Waals surface area contributed by atoms with Gasteiger partial charge in [-0.3, -0.25) is 14.4 Å². The molecule has 0 amide bonds. The summed E-state index contributed by atoms with van der Waals surface area (Å²) >= 11 is 0. The van der Waals surface area contributed by atoms with Gasteiger partial charge in [0, 0.05) is 34.4 Å². The second kappa shape index (κ2) is 13.1. The van der Waals surface area contributed by atoms with E-state index in [1.54, 1.807) is 37.3 Å². The number of Topliss-reactive ketones (excluding diaryl/α,β-unsaturated/α-hetero) is 1. The van der Waals surface area contributed by atoms with Crippen LogP contribution in [0.4, 0.5) is 0 Å². The van der Waals surface area contributed by atoms with Gasteiger partial charge in [0.15, 0.2) is 17.3 Å². The number of carbonyl (C=O) groups is 3. The van der Waals surface area contributed by atoms with Crippen LogP contribution in [0.5, 0.6) is 0 Å². The minimum Gasteiger partial charge on any atom is -0.396 e. The van der Waals surface area contributed by atoms with Crippen LogP contribution in [-0.2, 0) is 6.42 Å². The summed E-state index contributed by atoms with van der Waals surface area (Å²) in [5.41, 5.74) is 5.58. The van der Waals surface area contributed by atoms with E-state index in [0.717, 1.165) is 23.1 Å². The molecule has 39 heavy (non-hydrogen) atoms. The first-order valence-electron chi connectivity index (χ1n) is 13.9. The van der Waals surface area contributed by atoms with Gasteiger partial charge in [-0.1, -0.05) is 63.2 Å².